The van der Waals surface area contributed by atoms with Gasteiger partial charge in [-0.25, -0.2) is 14.6 Å². The zero-order valence-electron chi connectivity index (χ0n) is 20.8. The Morgan fingerprint density at radius 1 is 1.08 bits per heavy atom. The molecule has 0 radical (unpaired) electrons. The lowest BCUT2D eigenvalue weighted by molar-refractivity contribution is -0.113. The van der Waals surface area contributed by atoms with Crippen molar-refractivity contribution in [3.05, 3.63) is 67.1 Å². The summed E-state index contributed by atoms with van der Waals surface area (Å²) in [5.41, 5.74) is 2.08. The minimum absolute atomic E-state index is 0.0824. The Balaban J connectivity index is 1.47. The Labute approximate surface area is 229 Å². The van der Waals surface area contributed by atoms with E-state index in [1.807, 2.05) is 30.3 Å². The summed E-state index contributed by atoms with van der Waals surface area (Å²) in [5, 5.41) is 3.97. The third kappa shape index (κ3) is 4.63. The fourth-order valence-electron chi connectivity index (χ4n) is 4.46. The van der Waals surface area contributed by atoms with Gasteiger partial charge in [0.25, 0.3) is 5.56 Å². The average Bonchev–Trinajstić information content (AvgIpc) is 3.60. The second kappa shape index (κ2) is 10.7. The number of methoxy groups -OCH3 is 2. The third-order valence-electron chi connectivity index (χ3n) is 6.21. The fraction of sp³-hybridized carbons (Fsp3) is 0.269. The van der Waals surface area contributed by atoms with Gasteiger partial charge >= 0.3 is 11.9 Å². The molecule has 9 nitrogen and oxygen atoms in total. The standard InChI is InChI=1S/C26H23N3O6S3/c1-13-18(24(32)34-2)21(38-20(13)25(33)35-3)27-17(30)12-36-26-28-22-19(15-10-7-11-16(15)37-22)23(31)29(26)14-8-5-4-6-9-14/h4-6,8-9H,7,10-12H2,1-3H3,(H,27,30). The topological polar surface area (TPSA) is 117 Å². The fourth-order valence-corrected chi connectivity index (χ4v) is 7.70. The number of rotatable bonds is 7. The van der Waals surface area contributed by atoms with Gasteiger partial charge in [0, 0.05) is 4.88 Å². The molecule has 5 rings (SSSR count). The van der Waals surface area contributed by atoms with Gasteiger partial charge in [-0.3, -0.25) is 14.2 Å². The molecule has 0 spiro atoms. The van der Waals surface area contributed by atoms with E-state index < -0.39 is 17.8 Å². The van der Waals surface area contributed by atoms with Crippen LogP contribution in [0, 0.1) is 6.92 Å². The Hall–Kier alpha value is -3.48. The number of thiophene rings is 2. The first-order valence-electron chi connectivity index (χ1n) is 11.7. The number of hydrogen-bond donors (Lipinski definition) is 1. The van der Waals surface area contributed by atoms with Crippen molar-refractivity contribution in [1.82, 2.24) is 9.55 Å². The normalized spacial score (nSPS) is 12.4. The maximum Gasteiger partial charge on any atom is 0.348 e. The Morgan fingerprint density at radius 2 is 1.82 bits per heavy atom. The van der Waals surface area contributed by atoms with Crippen molar-refractivity contribution < 1.29 is 23.9 Å². The number of para-hydroxylation sites is 1. The number of aromatic nitrogens is 2. The van der Waals surface area contributed by atoms with Gasteiger partial charge < -0.3 is 14.8 Å². The van der Waals surface area contributed by atoms with Crippen molar-refractivity contribution in [3.8, 4) is 5.69 Å². The number of carbonyl (C=O) groups excluding carboxylic acids is 3. The van der Waals surface area contributed by atoms with E-state index in [-0.39, 0.29) is 26.8 Å². The molecule has 0 aliphatic heterocycles. The van der Waals surface area contributed by atoms with Crippen LogP contribution in [-0.4, -0.2) is 47.4 Å². The number of fused-ring (bicyclic) bond motifs is 3. The molecule has 38 heavy (non-hydrogen) atoms. The van der Waals surface area contributed by atoms with E-state index in [2.05, 4.69) is 5.32 Å². The number of hydrogen-bond acceptors (Lipinski definition) is 10. The summed E-state index contributed by atoms with van der Waals surface area (Å²) < 4.78 is 11.2. The number of benzene rings is 1. The molecule has 196 valence electrons. The highest BCUT2D eigenvalue weighted by Crippen LogP contribution is 2.37. The summed E-state index contributed by atoms with van der Waals surface area (Å²) in [6, 6.07) is 9.22. The van der Waals surface area contributed by atoms with Gasteiger partial charge in [-0.1, -0.05) is 30.0 Å². The largest absolute Gasteiger partial charge is 0.465 e. The highest BCUT2D eigenvalue weighted by molar-refractivity contribution is 7.99. The minimum atomic E-state index is -0.673. The van der Waals surface area contributed by atoms with Gasteiger partial charge in [0.05, 0.1) is 36.6 Å². The molecule has 12 heteroatoms. The summed E-state index contributed by atoms with van der Waals surface area (Å²) in [7, 11) is 2.47. The van der Waals surface area contributed by atoms with Crippen LogP contribution in [0.3, 0.4) is 0 Å². The molecule has 0 bridgehead atoms. The van der Waals surface area contributed by atoms with E-state index >= 15 is 0 Å². The number of esters is 2. The first-order chi connectivity index (χ1) is 18.3. The number of ether oxygens (including phenoxy) is 2. The third-order valence-corrected chi connectivity index (χ3v) is 9.53. The minimum Gasteiger partial charge on any atom is -0.465 e. The van der Waals surface area contributed by atoms with Crippen molar-refractivity contribution in [2.24, 2.45) is 0 Å². The molecule has 0 fully saturated rings. The lowest BCUT2D eigenvalue weighted by Gasteiger charge is -2.12. The first-order valence-corrected chi connectivity index (χ1v) is 14.3. The van der Waals surface area contributed by atoms with Crippen molar-refractivity contribution in [2.75, 3.05) is 25.3 Å². The van der Waals surface area contributed by atoms with E-state index in [9.17, 15) is 19.2 Å². The number of amides is 1. The van der Waals surface area contributed by atoms with Gasteiger partial charge in [0.1, 0.15) is 14.7 Å². The van der Waals surface area contributed by atoms with Crippen molar-refractivity contribution in [1.29, 1.82) is 0 Å². The van der Waals surface area contributed by atoms with Gasteiger partial charge in [-0.2, -0.15) is 0 Å². The predicted molar refractivity (Wildman–Crippen MR) is 148 cm³/mol. The van der Waals surface area contributed by atoms with Crippen LogP contribution in [0.15, 0.2) is 40.3 Å². The number of thioether (sulfide) groups is 1. The summed E-state index contributed by atoms with van der Waals surface area (Å²) in [6.45, 7) is 1.59. The predicted octanol–water partition coefficient (Wildman–Crippen LogP) is 4.61. The molecule has 1 aromatic carbocycles. The van der Waals surface area contributed by atoms with Crippen LogP contribution in [-0.2, 0) is 27.1 Å². The van der Waals surface area contributed by atoms with Crippen molar-refractivity contribution >= 4 is 67.5 Å². The zero-order valence-corrected chi connectivity index (χ0v) is 23.2. The maximum absolute atomic E-state index is 13.7. The molecule has 1 aliphatic carbocycles. The molecule has 0 saturated heterocycles. The molecular weight excluding hydrogens is 547 g/mol. The molecule has 1 amide bonds. The summed E-state index contributed by atoms with van der Waals surface area (Å²) in [4.78, 5) is 58.1. The monoisotopic (exact) mass is 569 g/mol. The second-order valence-electron chi connectivity index (χ2n) is 8.49. The molecule has 0 atom stereocenters. The highest BCUT2D eigenvalue weighted by atomic mass is 32.2. The van der Waals surface area contributed by atoms with E-state index in [1.54, 1.807) is 22.8 Å². The van der Waals surface area contributed by atoms with Gasteiger partial charge in [-0.05, 0) is 49.4 Å². The van der Waals surface area contributed by atoms with Crippen LogP contribution < -0.4 is 10.9 Å². The second-order valence-corrected chi connectivity index (χ2v) is 11.5. The van der Waals surface area contributed by atoms with Gasteiger partial charge in [-0.15, -0.1) is 22.7 Å². The molecule has 1 aliphatic rings. The Kier molecular flexibility index (Phi) is 7.37. The summed E-state index contributed by atoms with van der Waals surface area (Å²) in [6.07, 6.45) is 2.85. The highest BCUT2D eigenvalue weighted by Gasteiger charge is 2.28. The van der Waals surface area contributed by atoms with Crippen molar-refractivity contribution in [3.63, 3.8) is 0 Å². The molecule has 4 aromatic rings. The smallest absolute Gasteiger partial charge is 0.348 e. The van der Waals surface area contributed by atoms with Crippen LogP contribution in [0.5, 0.6) is 0 Å². The zero-order chi connectivity index (χ0) is 27.0. The SMILES string of the molecule is COC(=O)c1sc(NC(=O)CSc2nc3sc4c(c3c(=O)n2-c2ccccc2)CCC4)c(C(=O)OC)c1C. The molecule has 0 saturated carbocycles. The number of nitrogens with zero attached hydrogens (tertiary/aromatic N) is 2. The van der Waals surface area contributed by atoms with Crippen LogP contribution in [0.1, 0.15) is 42.5 Å². The first kappa shape index (κ1) is 26.1. The number of anilines is 1. The molecule has 3 aromatic heterocycles. The van der Waals surface area contributed by atoms with E-state index in [0.29, 0.717) is 26.6 Å². The van der Waals surface area contributed by atoms with Gasteiger partial charge in [0.2, 0.25) is 5.91 Å². The van der Waals surface area contributed by atoms with E-state index in [0.717, 1.165) is 47.9 Å². The lowest BCUT2D eigenvalue weighted by atomic mass is 10.1. The van der Waals surface area contributed by atoms with Gasteiger partial charge in [0.15, 0.2) is 5.16 Å². The van der Waals surface area contributed by atoms with Crippen LogP contribution in [0.4, 0.5) is 5.00 Å². The summed E-state index contributed by atoms with van der Waals surface area (Å²) >= 11 is 3.61. The quantitative estimate of drug-likeness (QED) is 0.195. The van der Waals surface area contributed by atoms with E-state index in [4.69, 9.17) is 14.5 Å². The maximum atomic E-state index is 13.7. The molecule has 1 N–H and O–H groups in total. The Morgan fingerprint density at radius 3 is 2.53 bits per heavy atom. The average molecular weight is 570 g/mol. The van der Waals surface area contributed by atoms with Crippen LogP contribution in [0.25, 0.3) is 15.9 Å². The van der Waals surface area contributed by atoms with Crippen LogP contribution >= 0.6 is 34.4 Å². The molecular formula is C26H23N3O6S3. The van der Waals surface area contributed by atoms with Crippen LogP contribution in [0.2, 0.25) is 0 Å². The Bertz CT molecular complexity index is 1640. The van der Waals surface area contributed by atoms with Crippen molar-refractivity contribution in [2.45, 2.75) is 31.3 Å². The molecule has 3 heterocycles. The molecule has 0 unspecified atom stereocenters. The summed E-state index contributed by atoms with van der Waals surface area (Å²) in [5.74, 6) is -1.80. The van der Waals surface area contributed by atoms with E-state index in [1.165, 1.54) is 19.1 Å². The lowest BCUT2D eigenvalue weighted by Crippen LogP contribution is -2.23. The number of nitrogens with one attached hydrogen (secondary N) is 1. The number of carbonyl (C=O) groups is 3. The number of aryl methyl sites for hydroxylation is 2.